The smallest absolute Gasteiger partial charge is 0.0796 e. The summed E-state index contributed by atoms with van der Waals surface area (Å²) in [5, 5.41) is 0.782. The molecular formula is C17H13ClN2S2. The molecular weight excluding hydrogens is 332 g/mol. The molecule has 5 heteroatoms. The third-order valence-corrected chi connectivity index (χ3v) is 6.27. The highest BCUT2D eigenvalue weighted by molar-refractivity contribution is 7.99. The Morgan fingerprint density at radius 2 is 1.86 bits per heavy atom. The number of thiophene rings is 1. The van der Waals surface area contributed by atoms with E-state index in [4.69, 9.17) is 11.6 Å². The van der Waals surface area contributed by atoms with Crippen molar-refractivity contribution in [3.8, 4) is 10.4 Å². The number of hydrogen-bond donors (Lipinski definition) is 1. The van der Waals surface area contributed by atoms with Crippen LogP contribution in [0.15, 0.2) is 59.1 Å². The molecule has 0 amide bonds. The number of fused-ring (bicyclic) bond motifs is 1. The second kappa shape index (κ2) is 6.05. The maximum atomic E-state index is 6.01. The minimum absolute atomic E-state index is 0.375. The van der Waals surface area contributed by atoms with Crippen LogP contribution in [0.2, 0.25) is 5.02 Å². The van der Waals surface area contributed by atoms with E-state index in [1.165, 1.54) is 25.8 Å². The van der Waals surface area contributed by atoms with Crippen molar-refractivity contribution in [1.82, 2.24) is 9.71 Å². The van der Waals surface area contributed by atoms with Crippen LogP contribution in [0.25, 0.3) is 10.4 Å². The lowest BCUT2D eigenvalue weighted by molar-refractivity contribution is 0.758. The van der Waals surface area contributed by atoms with E-state index in [0.717, 1.165) is 11.6 Å². The molecule has 0 bridgehead atoms. The van der Waals surface area contributed by atoms with E-state index in [2.05, 4.69) is 40.0 Å². The van der Waals surface area contributed by atoms with E-state index in [1.807, 2.05) is 35.9 Å². The monoisotopic (exact) mass is 344 g/mol. The van der Waals surface area contributed by atoms with Gasteiger partial charge in [-0.2, -0.15) is 0 Å². The fraction of sp³-hybridized carbons (Fsp3) is 0.118. The Hall–Kier alpha value is -1.33. The van der Waals surface area contributed by atoms with Gasteiger partial charge in [0.2, 0.25) is 0 Å². The highest BCUT2D eigenvalue weighted by Crippen LogP contribution is 2.44. The lowest BCUT2D eigenvalue weighted by atomic mass is 9.93. The molecule has 4 rings (SSSR count). The van der Waals surface area contributed by atoms with Gasteiger partial charge in [0.15, 0.2) is 0 Å². The minimum Gasteiger partial charge on any atom is -0.265 e. The van der Waals surface area contributed by atoms with Gasteiger partial charge in [-0.3, -0.25) is 9.71 Å². The SMILES string of the molecule is Clc1ccc(C2CNSc3sc(-c4ccncc4)cc32)cc1. The molecule has 3 aromatic rings. The first-order valence-corrected chi connectivity index (χ1v) is 9.01. The van der Waals surface area contributed by atoms with Crippen molar-refractivity contribution in [2.24, 2.45) is 0 Å². The topological polar surface area (TPSA) is 24.9 Å². The minimum atomic E-state index is 0.375. The zero-order chi connectivity index (χ0) is 14.9. The Labute approximate surface area is 142 Å². The van der Waals surface area contributed by atoms with Crippen LogP contribution in [0.4, 0.5) is 0 Å². The van der Waals surface area contributed by atoms with Gasteiger partial charge >= 0.3 is 0 Å². The molecule has 2 nitrogen and oxygen atoms in total. The number of nitrogens with one attached hydrogen (secondary N) is 1. The summed E-state index contributed by atoms with van der Waals surface area (Å²) in [5.41, 5.74) is 3.94. The molecule has 2 aromatic heterocycles. The van der Waals surface area contributed by atoms with Crippen LogP contribution in [0.1, 0.15) is 17.0 Å². The summed E-state index contributed by atoms with van der Waals surface area (Å²) < 4.78 is 4.80. The first-order chi connectivity index (χ1) is 10.8. The van der Waals surface area contributed by atoms with E-state index < -0.39 is 0 Å². The van der Waals surface area contributed by atoms with Gasteiger partial charge in [0.05, 0.1) is 4.21 Å². The van der Waals surface area contributed by atoms with Crippen LogP contribution in [0, 0.1) is 0 Å². The van der Waals surface area contributed by atoms with Gasteiger partial charge in [-0.1, -0.05) is 23.7 Å². The molecule has 0 radical (unpaired) electrons. The molecule has 0 saturated heterocycles. The number of aromatic nitrogens is 1. The molecule has 0 aliphatic carbocycles. The molecule has 0 spiro atoms. The van der Waals surface area contributed by atoms with Crippen LogP contribution in [-0.2, 0) is 0 Å². The molecule has 0 fully saturated rings. The van der Waals surface area contributed by atoms with Crippen molar-refractivity contribution in [2.45, 2.75) is 10.1 Å². The maximum absolute atomic E-state index is 6.01. The van der Waals surface area contributed by atoms with Crippen molar-refractivity contribution in [3.05, 3.63) is 71.0 Å². The predicted octanol–water partition coefficient (Wildman–Crippen LogP) is 5.21. The van der Waals surface area contributed by atoms with Crippen LogP contribution >= 0.6 is 34.9 Å². The Morgan fingerprint density at radius 3 is 2.64 bits per heavy atom. The van der Waals surface area contributed by atoms with Gasteiger partial charge in [-0.15, -0.1) is 11.3 Å². The van der Waals surface area contributed by atoms with Gasteiger partial charge in [-0.25, -0.2) is 0 Å². The summed E-state index contributed by atoms with van der Waals surface area (Å²) in [6.45, 7) is 0.936. The van der Waals surface area contributed by atoms with Gasteiger partial charge in [0, 0.05) is 34.8 Å². The molecule has 1 aliphatic rings. The average Bonchev–Trinajstić information content (AvgIpc) is 3.01. The van der Waals surface area contributed by atoms with Crippen LogP contribution in [-0.4, -0.2) is 11.5 Å². The van der Waals surface area contributed by atoms with E-state index in [0.29, 0.717) is 5.92 Å². The highest BCUT2D eigenvalue weighted by atomic mass is 35.5. The quantitative estimate of drug-likeness (QED) is 0.646. The number of halogens is 1. The lowest BCUT2D eigenvalue weighted by Crippen LogP contribution is -2.20. The fourth-order valence-corrected chi connectivity index (χ4v) is 5.06. The third kappa shape index (κ3) is 2.68. The normalized spacial score (nSPS) is 17.2. The number of hydrogen-bond acceptors (Lipinski definition) is 4. The Balaban J connectivity index is 1.75. The summed E-state index contributed by atoms with van der Waals surface area (Å²) in [6.07, 6.45) is 3.69. The van der Waals surface area contributed by atoms with Gasteiger partial charge in [0.25, 0.3) is 0 Å². The number of rotatable bonds is 2. The second-order valence-corrected chi connectivity index (χ2v) is 7.79. The largest absolute Gasteiger partial charge is 0.265 e. The van der Waals surface area contributed by atoms with Gasteiger partial charge in [0.1, 0.15) is 0 Å². The molecule has 1 atom stereocenters. The fourth-order valence-electron chi connectivity index (χ4n) is 2.66. The molecule has 1 aliphatic heterocycles. The lowest BCUT2D eigenvalue weighted by Gasteiger charge is -2.23. The molecule has 3 heterocycles. The number of benzene rings is 1. The zero-order valence-electron chi connectivity index (χ0n) is 11.6. The molecule has 110 valence electrons. The van der Waals surface area contributed by atoms with Gasteiger partial charge in [-0.05, 0) is 59.0 Å². The Morgan fingerprint density at radius 1 is 1.09 bits per heavy atom. The first kappa shape index (κ1) is 14.3. The van der Waals surface area contributed by atoms with E-state index in [9.17, 15) is 0 Å². The van der Waals surface area contributed by atoms with Crippen molar-refractivity contribution in [3.63, 3.8) is 0 Å². The third-order valence-electron chi connectivity index (χ3n) is 3.79. The van der Waals surface area contributed by atoms with E-state index >= 15 is 0 Å². The summed E-state index contributed by atoms with van der Waals surface area (Å²) >= 11 is 9.58. The molecule has 22 heavy (non-hydrogen) atoms. The highest BCUT2D eigenvalue weighted by Gasteiger charge is 2.25. The number of pyridine rings is 1. The molecule has 0 saturated carbocycles. The molecule has 1 aromatic carbocycles. The standard InChI is InChI=1S/C17H13ClN2S2/c18-13-3-1-11(2-4-13)15-10-20-22-17-14(15)9-16(21-17)12-5-7-19-8-6-12/h1-9,15,20H,10H2. The van der Waals surface area contributed by atoms with Crippen LogP contribution < -0.4 is 4.72 Å². The number of nitrogens with zero attached hydrogens (tertiary/aromatic N) is 1. The van der Waals surface area contributed by atoms with Crippen LogP contribution in [0.5, 0.6) is 0 Å². The Kier molecular flexibility index (Phi) is 3.92. The van der Waals surface area contributed by atoms with Crippen molar-refractivity contribution < 1.29 is 0 Å². The summed E-state index contributed by atoms with van der Waals surface area (Å²) in [5.74, 6) is 0.375. The maximum Gasteiger partial charge on any atom is 0.0796 e. The zero-order valence-corrected chi connectivity index (χ0v) is 14.0. The van der Waals surface area contributed by atoms with Crippen LogP contribution in [0.3, 0.4) is 0 Å². The van der Waals surface area contributed by atoms with Crippen molar-refractivity contribution >= 4 is 34.9 Å². The summed E-state index contributed by atoms with van der Waals surface area (Å²) in [7, 11) is 0. The molecule has 1 unspecified atom stereocenters. The Bertz CT molecular complexity index is 784. The average molecular weight is 345 g/mol. The second-order valence-electron chi connectivity index (χ2n) is 5.14. The predicted molar refractivity (Wildman–Crippen MR) is 94.7 cm³/mol. The van der Waals surface area contributed by atoms with Gasteiger partial charge < -0.3 is 0 Å². The van der Waals surface area contributed by atoms with Crippen molar-refractivity contribution in [1.29, 1.82) is 0 Å². The molecule has 1 N–H and O–H groups in total. The van der Waals surface area contributed by atoms with E-state index in [-0.39, 0.29) is 0 Å². The van der Waals surface area contributed by atoms with E-state index in [1.54, 1.807) is 11.9 Å². The first-order valence-electron chi connectivity index (χ1n) is 7.00. The van der Waals surface area contributed by atoms with Crippen molar-refractivity contribution in [2.75, 3.05) is 6.54 Å². The summed E-state index contributed by atoms with van der Waals surface area (Å²) in [4.78, 5) is 5.39. The summed E-state index contributed by atoms with van der Waals surface area (Å²) in [6, 6.07) is 14.6.